The minimum absolute atomic E-state index is 0.134. The highest BCUT2D eigenvalue weighted by Crippen LogP contribution is 2.33. The van der Waals surface area contributed by atoms with Crippen molar-refractivity contribution in [1.82, 2.24) is 14.9 Å². The second kappa shape index (κ2) is 9.81. The molecule has 180 valence electrons. The highest BCUT2D eigenvalue weighted by molar-refractivity contribution is 7.89. The van der Waals surface area contributed by atoms with Crippen LogP contribution in [0.2, 0.25) is 0 Å². The number of nitrogens with one attached hydrogen (secondary N) is 3. The lowest BCUT2D eigenvalue weighted by Gasteiger charge is -2.14. The number of sulfonamides is 1. The molecule has 0 spiro atoms. The molecule has 8 nitrogen and oxygen atoms in total. The van der Waals surface area contributed by atoms with Crippen LogP contribution in [-0.4, -0.2) is 30.6 Å². The molecule has 0 saturated carbocycles. The van der Waals surface area contributed by atoms with E-state index in [0.717, 1.165) is 16.5 Å². The Bertz CT molecular complexity index is 1500. The lowest BCUT2D eigenvalue weighted by molar-refractivity contribution is -0.114. The van der Waals surface area contributed by atoms with Crippen LogP contribution in [0.4, 0.5) is 17.2 Å². The Balaban J connectivity index is 1.74. The van der Waals surface area contributed by atoms with Crippen molar-refractivity contribution in [1.29, 1.82) is 0 Å². The van der Waals surface area contributed by atoms with Gasteiger partial charge in [0, 0.05) is 40.7 Å². The van der Waals surface area contributed by atoms with E-state index in [0.29, 0.717) is 28.3 Å². The minimum atomic E-state index is -3.67. The molecule has 0 radical (unpaired) electrons. The molecule has 0 aliphatic carbocycles. The first-order valence-electron chi connectivity index (χ1n) is 11.2. The van der Waals surface area contributed by atoms with Gasteiger partial charge in [-0.3, -0.25) is 4.79 Å². The number of hydrogen-bond acceptors (Lipinski definition) is 6. The molecule has 3 N–H and O–H groups in total. The van der Waals surface area contributed by atoms with E-state index < -0.39 is 10.0 Å². The number of carbonyl (C=O) groups is 1. The molecule has 0 aliphatic rings. The van der Waals surface area contributed by atoms with Gasteiger partial charge in [-0.25, -0.2) is 13.1 Å². The molecular weight excluding hydrogens is 462 g/mol. The van der Waals surface area contributed by atoms with Gasteiger partial charge in [0.1, 0.15) is 5.69 Å². The number of aromatic nitrogens is 2. The summed E-state index contributed by atoms with van der Waals surface area (Å²) in [4.78, 5) is 11.5. The van der Waals surface area contributed by atoms with Gasteiger partial charge in [-0.15, -0.1) is 10.2 Å². The van der Waals surface area contributed by atoms with Gasteiger partial charge >= 0.3 is 0 Å². The van der Waals surface area contributed by atoms with E-state index >= 15 is 0 Å². The Morgan fingerprint density at radius 1 is 0.886 bits per heavy atom. The standard InChI is InChI=1S/C26H27N5O3S/c1-16(2)31-35(33,34)24-15-19(10-9-17(24)3)25-22-7-5-6-8-23(22)26(30-29-25)28-21-13-11-20(12-14-21)27-18(4)32/h5-16,31H,1-4H3,(H,27,32)(H,28,30). The number of nitrogens with zero attached hydrogens (tertiary/aromatic N) is 2. The van der Waals surface area contributed by atoms with Crippen LogP contribution in [0.25, 0.3) is 22.0 Å². The van der Waals surface area contributed by atoms with Crippen LogP contribution < -0.4 is 15.4 Å². The Kier molecular flexibility index (Phi) is 6.81. The minimum Gasteiger partial charge on any atom is -0.338 e. The van der Waals surface area contributed by atoms with E-state index in [1.165, 1.54) is 6.92 Å². The lowest BCUT2D eigenvalue weighted by Crippen LogP contribution is -2.30. The number of hydrogen-bond donors (Lipinski definition) is 3. The van der Waals surface area contributed by atoms with Crippen LogP contribution >= 0.6 is 0 Å². The molecule has 1 amide bonds. The van der Waals surface area contributed by atoms with Crippen molar-refractivity contribution in [3.8, 4) is 11.3 Å². The maximum absolute atomic E-state index is 12.9. The predicted molar refractivity (Wildman–Crippen MR) is 139 cm³/mol. The van der Waals surface area contributed by atoms with Gasteiger partial charge in [-0.1, -0.05) is 36.4 Å². The van der Waals surface area contributed by atoms with Crippen molar-refractivity contribution in [2.24, 2.45) is 0 Å². The fraction of sp³-hybridized carbons (Fsp3) is 0.192. The zero-order chi connectivity index (χ0) is 25.2. The molecule has 0 atom stereocenters. The monoisotopic (exact) mass is 489 g/mol. The molecule has 9 heteroatoms. The van der Waals surface area contributed by atoms with Crippen LogP contribution in [0, 0.1) is 6.92 Å². The van der Waals surface area contributed by atoms with Crippen molar-refractivity contribution in [3.05, 3.63) is 72.3 Å². The number of rotatable bonds is 7. The van der Waals surface area contributed by atoms with Crippen molar-refractivity contribution >= 4 is 43.9 Å². The lowest BCUT2D eigenvalue weighted by atomic mass is 10.0. The highest BCUT2D eigenvalue weighted by Gasteiger charge is 2.20. The van der Waals surface area contributed by atoms with E-state index in [-0.39, 0.29) is 16.8 Å². The molecule has 35 heavy (non-hydrogen) atoms. The van der Waals surface area contributed by atoms with Crippen molar-refractivity contribution in [2.45, 2.75) is 38.6 Å². The number of aryl methyl sites for hydroxylation is 1. The smallest absolute Gasteiger partial charge is 0.241 e. The molecule has 0 fully saturated rings. The third-order valence-corrected chi connectivity index (χ3v) is 7.10. The summed E-state index contributed by atoms with van der Waals surface area (Å²) in [5.41, 5.74) is 3.39. The molecule has 1 heterocycles. The third kappa shape index (κ3) is 5.47. The molecule has 0 aliphatic heterocycles. The molecular formula is C26H27N5O3S. The zero-order valence-corrected chi connectivity index (χ0v) is 20.8. The van der Waals surface area contributed by atoms with Gasteiger partial charge in [0.15, 0.2) is 5.82 Å². The second-order valence-corrected chi connectivity index (χ2v) is 10.3. The summed E-state index contributed by atoms with van der Waals surface area (Å²) in [5.74, 6) is 0.434. The summed E-state index contributed by atoms with van der Waals surface area (Å²) in [6, 6.07) is 20.0. The van der Waals surface area contributed by atoms with E-state index in [9.17, 15) is 13.2 Å². The first-order chi connectivity index (χ1) is 16.6. The van der Waals surface area contributed by atoms with Gasteiger partial charge in [-0.05, 0) is 56.7 Å². The number of benzene rings is 3. The van der Waals surface area contributed by atoms with Crippen molar-refractivity contribution in [3.63, 3.8) is 0 Å². The normalized spacial score (nSPS) is 11.6. The van der Waals surface area contributed by atoms with Crippen LogP contribution in [0.15, 0.2) is 71.6 Å². The maximum atomic E-state index is 12.9. The molecule has 0 bridgehead atoms. The summed E-state index contributed by atoms with van der Waals surface area (Å²) in [7, 11) is -3.67. The average Bonchev–Trinajstić information content (AvgIpc) is 2.80. The van der Waals surface area contributed by atoms with Gasteiger partial charge < -0.3 is 10.6 Å². The molecule has 3 aromatic carbocycles. The fourth-order valence-corrected chi connectivity index (χ4v) is 5.32. The highest BCUT2D eigenvalue weighted by atomic mass is 32.2. The summed E-state index contributed by atoms with van der Waals surface area (Å²) < 4.78 is 28.4. The number of carbonyl (C=O) groups excluding carboxylic acids is 1. The third-order valence-electron chi connectivity index (χ3n) is 5.30. The summed E-state index contributed by atoms with van der Waals surface area (Å²) in [5, 5.41) is 16.6. The summed E-state index contributed by atoms with van der Waals surface area (Å²) in [6.45, 7) is 6.80. The Morgan fingerprint density at radius 2 is 1.54 bits per heavy atom. The maximum Gasteiger partial charge on any atom is 0.241 e. The quantitative estimate of drug-likeness (QED) is 0.337. The van der Waals surface area contributed by atoms with Gasteiger partial charge in [0.05, 0.1) is 4.90 Å². The summed E-state index contributed by atoms with van der Waals surface area (Å²) in [6.07, 6.45) is 0. The zero-order valence-electron chi connectivity index (χ0n) is 20.0. The Hall–Kier alpha value is -3.82. The van der Waals surface area contributed by atoms with Crippen LogP contribution in [0.1, 0.15) is 26.3 Å². The van der Waals surface area contributed by atoms with E-state index in [1.54, 1.807) is 45.0 Å². The van der Waals surface area contributed by atoms with Crippen LogP contribution in [0.5, 0.6) is 0 Å². The molecule has 1 aromatic heterocycles. The molecule has 4 rings (SSSR count). The fourth-order valence-electron chi connectivity index (χ4n) is 3.80. The van der Waals surface area contributed by atoms with Gasteiger partial charge in [0.2, 0.25) is 15.9 Å². The second-order valence-electron chi connectivity index (χ2n) is 8.58. The predicted octanol–water partition coefficient (Wildman–Crippen LogP) is 4.99. The molecule has 0 unspecified atom stereocenters. The Morgan fingerprint density at radius 3 is 2.20 bits per heavy atom. The van der Waals surface area contributed by atoms with E-state index in [1.807, 2.05) is 42.5 Å². The SMILES string of the molecule is CC(=O)Nc1ccc(Nc2nnc(-c3ccc(C)c(S(=O)(=O)NC(C)C)c3)c3ccccc23)cc1. The first-order valence-corrected chi connectivity index (χ1v) is 12.7. The van der Waals surface area contributed by atoms with Crippen molar-refractivity contribution < 1.29 is 13.2 Å². The molecule has 0 saturated heterocycles. The largest absolute Gasteiger partial charge is 0.338 e. The summed E-state index contributed by atoms with van der Waals surface area (Å²) >= 11 is 0. The van der Waals surface area contributed by atoms with E-state index in [2.05, 4.69) is 25.6 Å². The van der Waals surface area contributed by atoms with Gasteiger partial charge in [0.25, 0.3) is 0 Å². The number of amides is 1. The Labute approximate surface area is 204 Å². The van der Waals surface area contributed by atoms with Crippen LogP contribution in [0.3, 0.4) is 0 Å². The van der Waals surface area contributed by atoms with Crippen molar-refractivity contribution in [2.75, 3.05) is 10.6 Å². The topological polar surface area (TPSA) is 113 Å². The van der Waals surface area contributed by atoms with Crippen LogP contribution in [-0.2, 0) is 14.8 Å². The van der Waals surface area contributed by atoms with E-state index in [4.69, 9.17) is 0 Å². The average molecular weight is 490 g/mol. The number of anilines is 3. The van der Waals surface area contributed by atoms with Gasteiger partial charge in [-0.2, -0.15) is 0 Å². The number of fused-ring (bicyclic) bond motifs is 1. The molecule has 4 aromatic rings. The first kappa shape index (κ1) is 24.3.